The van der Waals surface area contributed by atoms with Crippen molar-refractivity contribution in [3.8, 4) is 0 Å². The average molecular weight is 235 g/mol. The van der Waals surface area contributed by atoms with E-state index in [9.17, 15) is 4.79 Å². The fourth-order valence-corrected chi connectivity index (χ4v) is 2.31. The van der Waals surface area contributed by atoms with Crippen molar-refractivity contribution in [3.05, 3.63) is 28.8 Å². The Kier molecular flexibility index (Phi) is 2.46. The second-order valence-corrected chi connectivity index (χ2v) is 5.79. The van der Waals surface area contributed by atoms with Gasteiger partial charge in [0.05, 0.1) is 0 Å². The number of carbonyl (C=O) groups is 1. The van der Waals surface area contributed by atoms with Crippen molar-refractivity contribution in [1.82, 2.24) is 4.98 Å². The molecule has 16 heavy (non-hydrogen) atoms. The largest absolute Gasteiger partial charge is 0.477 e. The van der Waals surface area contributed by atoms with E-state index in [2.05, 4.69) is 25.8 Å². The lowest BCUT2D eigenvalue weighted by molar-refractivity contribution is 0.0702. The summed E-state index contributed by atoms with van der Waals surface area (Å²) in [4.78, 5) is 16.5. The van der Waals surface area contributed by atoms with Gasteiger partial charge in [-0.1, -0.05) is 26.8 Å². The van der Waals surface area contributed by atoms with Crippen LogP contribution >= 0.6 is 11.3 Å². The Bertz CT molecular complexity index is 552. The quantitative estimate of drug-likeness (QED) is 0.825. The van der Waals surface area contributed by atoms with E-state index in [1.54, 1.807) is 6.07 Å². The Balaban J connectivity index is 2.58. The molecule has 0 atom stereocenters. The smallest absolute Gasteiger partial charge is 0.345 e. The molecule has 4 heteroatoms. The molecule has 2 rings (SSSR count). The topological polar surface area (TPSA) is 50.2 Å². The van der Waals surface area contributed by atoms with Gasteiger partial charge in [-0.15, -0.1) is 11.3 Å². The molecule has 0 saturated carbocycles. The van der Waals surface area contributed by atoms with E-state index in [1.165, 1.54) is 11.3 Å². The number of hydrogen-bond donors (Lipinski definition) is 1. The molecule has 0 aliphatic rings. The Morgan fingerprint density at radius 3 is 2.62 bits per heavy atom. The van der Waals surface area contributed by atoms with Crippen molar-refractivity contribution in [1.29, 1.82) is 0 Å². The highest BCUT2D eigenvalue weighted by Crippen LogP contribution is 2.28. The van der Waals surface area contributed by atoms with Crippen LogP contribution in [0.3, 0.4) is 0 Å². The van der Waals surface area contributed by atoms with Gasteiger partial charge in [0.25, 0.3) is 0 Å². The summed E-state index contributed by atoms with van der Waals surface area (Å²) >= 11 is 1.22. The summed E-state index contributed by atoms with van der Waals surface area (Å²) < 4.78 is 0. The molecule has 1 N–H and O–H groups in total. The van der Waals surface area contributed by atoms with Crippen molar-refractivity contribution in [2.24, 2.45) is 0 Å². The van der Waals surface area contributed by atoms with Crippen LogP contribution in [0.1, 0.15) is 36.1 Å². The summed E-state index contributed by atoms with van der Waals surface area (Å²) in [6.45, 7) is 6.27. The molecule has 2 aromatic rings. The van der Waals surface area contributed by atoms with E-state index in [-0.39, 0.29) is 5.41 Å². The van der Waals surface area contributed by atoms with Crippen LogP contribution in [0, 0.1) is 0 Å². The first-order valence-electron chi connectivity index (χ1n) is 5.02. The monoisotopic (exact) mass is 235 g/mol. The predicted octanol–water partition coefficient (Wildman–Crippen LogP) is 3.29. The molecule has 0 fully saturated rings. The molecule has 3 nitrogen and oxygen atoms in total. The number of hydrogen-bond acceptors (Lipinski definition) is 3. The van der Waals surface area contributed by atoms with E-state index >= 15 is 0 Å². The third kappa shape index (κ3) is 1.93. The van der Waals surface area contributed by atoms with Gasteiger partial charge < -0.3 is 5.11 Å². The zero-order valence-corrected chi connectivity index (χ0v) is 10.3. The summed E-state index contributed by atoms with van der Waals surface area (Å²) in [5, 5.41) is 9.80. The number of rotatable bonds is 1. The SMILES string of the molecule is CC(C)(C)c1ccc2cc(C(=O)O)sc2n1. The van der Waals surface area contributed by atoms with E-state index in [0.717, 1.165) is 15.9 Å². The van der Waals surface area contributed by atoms with Crippen molar-refractivity contribution < 1.29 is 9.90 Å². The molecule has 0 saturated heterocycles. The molecular weight excluding hydrogens is 222 g/mol. The van der Waals surface area contributed by atoms with Gasteiger partial charge >= 0.3 is 5.97 Å². The second kappa shape index (κ2) is 3.56. The first-order chi connectivity index (χ1) is 7.38. The molecule has 0 spiro atoms. The summed E-state index contributed by atoms with van der Waals surface area (Å²) in [5.41, 5.74) is 0.973. The second-order valence-electron chi connectivity index (χ2n) is 4.76. The Morgan fingerprint density at radius 1 is 1.38 bits per heavy atom. The zero-order chi connectivity index (χ0) is 11.9. The molecule has 0 aliphatic carbocycles. The van der Waals surface area contributed by atoms with Crippen molar-refractivity contribution in [3.63, 3.8) is 0 Å². The maximum Gasteiger partial charge on any atom is 0.345 e. The minimum Gasteiger partial charge on any atom is -0.477 e. The summed E-state index contributed by atoms with van der Waals surface area (Å²) in [5.74, 6) is -0.889. The fraction of sp³-hybridized carbons (Fsp3) is 0.333. The van der Waals surface area contributed by atoms with Gasteiger partial charge in [0.1, 0.15) is 9.71 Å². The fourth-order valence-electron chi connectivity index (χ4n) is 1.44. The third-order valence-electron chi connectivity index (χ3n) is 2.36. The van der Waals surface area contributed by atoms with E-state index in [0.29, 0.717) is 4.88 Å². The minimum atomic E-state index is -0.889. The van der Waals surface area contributed by atoms with Gasteiger partial charge in [-0.3, -0.25) is 0 Å². The number of fused-ring (bicyclic) bond motifs is 1. The number of carboxylic acid groups (broad SMARTS) is 1. The van der Waals surface area contributed by atoms with Gasteiger partial charge in [0.2, 0.25) is 0 Å². The van der Waals surface area contributed by atoms with Crippen LogP contribution < -0.4 is 0 Å². The average Bonchev–Trinajstić information content (AvgIpc) is 2.58. The van der Waals surface area contributed by atoms with Crippen molar-refractivity contribution in [2.45, 2.75) is 26.2 Å². The maximum absolute atomic E-state index is 10.8. The first-order valence-corrected chi connectivity index (χ1v) is 5.84. The number of thiophene rings is 1. The highest BCUT2D eigenvalue weighted by atomic mass is 32.1. The van der Waals surface area contributed by atoms with Gasteiger partial charge in [-0.25, -0.2) is 9.78 Å². The number of carboxylic acids is 1. The van der Waals surface area contributed by atoms with Crippen LogP contribution in [0.2, 0.25) is 0 Å². The Morgan fingerprint density at radius 2 is 2.06 bits per heavy atom. The molecular formula is C12H13NO2S. The lowest BCUT2D eigenvalue weighted by Gasteiger charge is -2.17. The van der Waals surface area contributed by atoms with Gasteiger partial charge in [-0.2, -0.15) is 0 Å². The molecule has 2 aromatic heterocycles. The van der Waals surface area contributed by atoms with Crippen LogP contribution in [-0.2, 0) is 5.41 Å². The molecule has 84 valence electrons. The molecule has 2 heterocycles. The zero-order valence-electron chi connectivity index (χ0n) is 9.44. The predicted molar refractivity (Wildman–Crippen MR) is 65.3 cm³/mol. The molecule has 0 aromatic carbocycles. The van der Waals surface area contributed by atoms with Gasteiger partial charge in [-0.05, 0) is 12.1 Å². The lowest BCUT2D eigenvalue weighted by Crippen LogP contribution is -2.12. The van der Waals surface area contributed by atoms with Crippen LogP contribution in [-0.4, -0.2) is 16.1 Å². The van der Waals surface area contributed by atoms with Crippen LogP contribution in [0.15, 0.2) is 18.2 Å². The van der Waals surface area contributed by atoms with Crippen LogP contribution in [0.25, 0.3) is 10.2 Å². The molecule has 0 amide bonds. The first kappa shape index (κ1) is 11.1. The molecule has 0 bridgehead atoms. The molecule has 0 radical (unpaired) electrons. The highest BCUT2D eigenvalue weighted by molar-refractivity contribution is 7.20. The van der Waals surface area contributed by atoms with E-state index < -0.39 is 5.97 Å². The van der Waals surface area contributed by atoms with Gasteiger partial charge in [0, 0.05) is 16.5 Å². The Hall–Kier alpha value is -1.42. The minimum absolute atomic E-state index is 0.0123. The summed E-state index contributed by atoms with van der Waals surface area (Å²) in [6, 6.07) is 5.56. The highest BCUT2D eigenvalue weighted by Gasteiger charge is 2.17. The van der Waals surface area contributed by atoms with Crippen molar-refractivity contribution >= 4 is 27.5 Å². The normalized spacial score (nSPS) is 11.9. The number of nitrogens with zero attached hydrogens (tertiary/aromatic N) is 1. The number of pyridine rings is 1. The number of aromatic nitrogens is 1. The number of aromatic carboxylic acids is 1. The third-order valence-corrected chi connectivity index (χ3v) is 3.39. The summed E-state index contributed by atoms with van der Waals surface area (Å²) in [7, 11) is 0. The van der Waals surface area contributed by atoms with E-state index in [4.69, 9.17) is 5.11 Å². The lowest BCUT2D eigenvalue weighted by atomic mass is 9.91. The molecule has 0 aliphatic heterocycles. The standard InChI is InChI=1S/C12H13NO2S/c1-12(2,3)9-5-4-7-6-8(11(14)15)16-10(7)13-9/h4-6H,1-3H3,(H,14,15). The van der Waals surface area contributed by atoms with Crippen LogP contribution in [0.4, 0.5) is 0 Å². The summed E-state index contributed by atoms with van der Waals surface area (Å²) in [6.07, 6.45) is 0. The maximum atomic E-state index is 10.8. The van der Waals surface area contributed by atoms with E-state index in [1.807, 2.05) is 12.1 Å². The van der Waals surface area contributed by atoms with Crippen molar-refractivity contribution in [2.75, 3.05) is 0 Å². The molecule has 0 unspecified atom stereocenters. The Labute approximate surface area is 97.8 Å². The van der Waals surface area contributed by atoms with Gasteiger partial charge in [0.15, 0.2) is 0 Å². The van der Waals surface area contributed by atoms with Crippen LogP contribution in [0.5, 0.6) is 0 Å².